The van der Waals surface area contributed by atoms with Crippen molar-refractivity contribution in [2.24, 2.45) is 10.7 Å². The summed E-state index contributed by atoms with van der Waals surface area (Å²) in [7, 11) is 0. The van der Waals surface area contributed by atoms with E-state index in [9.17, 15) is 4.79 Å². The summed E-state index contributed by atoms with van der Waals surface area (Å²) < 4.78 is 10.5. The molecule has 0 unspecified atom stereocenters. The van der Waals surface area contributed by atoms with Gasteiger partial charge in [-0.05, 0) is 17.3 Å². The number of benzene rings is 1. The second-order valence-corrected chi connectivity index (χ2v) is 5.27. The van der Waals surface area contributed by atoms with Gasteiger partial charge in [0.1, 0.15) is 6.26 Å². The van der Waals surface area contributed by atoms with E-state index in [0.717, 1.165) is 11.1 Å². The number of amides is 1. The van der Waals surface area contributed by atoms with Gasteiger partial charge in [-0.2, -0.15) is 4.99 Å². The molecule has 5 nitrogen and oxygen atoms in total. The first-order chi connectivity index (χ1) is 9.74. The largest absolute Gasteiger partial charge is 0.461 e. The first-order valence-electron chi connectivity index (χ1n) is 6.02. The SMILES string of the molecule is NC1=NC(=O)C(=C(Cc2ccccc2)C2=COCO2)S1. The predicted molar refractivity (Wildman–Crippen MR) is 76.5 cm³/mol. The number of allylic oxidation sites excluding steroid dienone is 1. The molecule has 0 saturated heterocycles. The Labute approximate surface area is 120 Å². The average molecular weight is 288 g/mol. The van der Waals surface area contributed by atoms with Crippen molar-refractivity contribution in [2.45, 2.75) is 6.42 Å². The minimum absolute atomic E-state index is 0.163. The summed E-state index contributed by atoms with van der Waals surface area (Å²) in [5.74, 6) is 0.240. The summed E-state index contributed by atoms with van der Waals surface area (Å²) in [6, 6.07) is 9.83. The van der Waals surface area contributed by atoms with Crippen LogP contribution in [0.4, 0.5) is 0 Å². The van der Waals surface area contributed by atoms with E-state index in [2.05, 4.69) is 4.99 Å². The van der Waals surface area contributed by atoms with E-state index in [1.165, 1.54) is 18.0 Å². The maximum Gasteiger partial charge on any atom is 0.286 e. The lowest BCUT2D eigenvalue weighted by Crippen LogP contribution is -2.04. The highest BCUT2D eigenvalue weighted by molar-refractivity contribution is 8.18. The molecular formula is C14H12N2O3S. The zero-order valence-electron chi connectivity index (χ0n) is 10.5. The summed E-state index contributed by atoms with van der Waals surface area (Å²) in [6.45, 7) is 0.163. The number of hydrogen-bond donors (Lipinski definition) is 1. The molecule has 0 spiro atoms. The Hall–Kier alpha value is -2.21. The third-order valence-electron chi connectivity index (χ3n) is 2.88. The third-order valence-corrected chi connectivity index (χ3v) is 3.81. The van der Waals surface area contributed by atoms with Crippen LogP contribution in [0.3, 0.4) is 0 Å². The van der Waals surface area contributed by atoms with Crippen molar-refractivity contribution < 1.29 is 14.3 Å². The fourth-order valence-electron chi connectivity index (χ4n) is 1.99. The number of carbonyl (C=O) groups excluding carboxylic acids is 1. The second kappa shape index (κ2) is 5.42. The van der Waals surface area contributed by atoms with Crippen LogP contribution in [0.1, 0.15) is 5.56 Å². The molecule has 102 valence electrons. The van der Waals surface area contributed by atoms with E-state index in [0.29, 0.717) is 17.1 Å². The first kappa shape index (κ1) is 12.8. The first-order valence-corrected chi connectivity index (χ1v) is 6.84. The van der Waals surface area contributed by atoms with E-state index in [4.69, 9.17) is 15.2 Å². The van der Waals surface area contributed by atoms with Crippen LogP contribution in [0.2, 0.25) is 0 Å². The topological polar surface area (TPSA) is 73.9 Å². The molecule has 0 fully saturated rings. The second-order valence-electron chi connectivity index (χ2n) is 4.24. The van der Waals surface area contributed by atoms with E-state index < -0.39 is 0 Å². The molecule has 1 aromatic rings. The number of ether oxygens (including phenoxy) is 2. The molecule has 0 atom stereocenters. The van der Waals surface area contributed by atoms with Crippen LogP contribution in [-0.2, 0) is 20.7 Å². The molecule has 1 amide bonds. The average Bonchev–Trinajstić information content (AvgIpc) is 3.07. The van der Waals surface area contributed by atoms with E-state index in [1.54, 1.807) is 0 Å². The van der Waals surface area contributed by atoms with Gasteiger partial charge in [0.2, 0.25) is 6.79 Å². The molecule has 2 aliphatic rings. The Balaban J connectivity index is 1.97. The van der Waals surface area contributed by atoms with Crippen LogP contribution < -0.4 is 5.73 Å². The number of rotatable bonds is 3. The third kappa shape index (κ3) is 2.55. The molecule has 2 aliphatic heterocycles. The van der Waals surface area contributed by atoms with Gasteiger partial charge in [-0.3, -0.25) is 4.79 Å². The number of hydrogen-bond acceptors (Lipinski definition) is 5. The lowest BCUT2D eigenvalue weighted by Gasteiger charge is -2.10. The fourth-order valence-corrected chi connectivity index (χ4v) is 2.76. The van der Waals surface area contributed by atoms with Gasteiger partial charge in [-0.15, -0.1) is 0 Å². The lowest BCUT2D eigenvalue weighted by molar-refractivity contribution is -0.113. The molecule has 0 bridgehead atoms. The molecular weight excluding hydrogens is 276 g/mol. The zero-order valence-corrected chi connectivity index (χ0v) is 11.4. The Bertz CT molecular complexity index is 635. The van der Waals surface area contributed by atoms with E-state index >= 15 is 0 Å². The maximum absolute atomic E-state index is 11.9. The van der Waals surface area contributed by atoms with Crippen molar-refractivity contribution in [2.75, 3.05) is 6.79 Å². The number of aliphatic imine (C=N–C) groups is 1. The molecule has 0 radical (unpaired) electrons. The van der Waals surface area contributed by atoms with Crippen LogP contribution in [0.25, 0.3) is 0 Å². The molecule has 0 aliphatic carbocycles. The fraction of sp³-hybridized carbons (Fsp3) is 0.143. The van der Waals surface area contributed by atoms with Crippen LogP contribution in [0.15, 0.2) is 57.8 Å². The van der Waals surface area contributed by atoms with Crippen LogP contribution in [0, 0.1) is 0 Å². The summed E-state index contributed by atoms with van der Waals surface area (Å²) >= 11 is 1.17. The number of carbonyl (C=O) groups is 1. The minimum Gasteiger partial charge on any atom is -0.461 e. The zero-order chi connectivity index (χ0) is 13.9. The van der Waals surface area contributed by atoms with Gasteiger partial charge in [-0.1, -0.05) is 30.3 Å². The molecule has 1 aromatic carbocycles. The maximum atomic E-state index is 11.9. The quantitative estimate of drug-likeness (QED) is 0.860. The Morgan fingerprint density at radius 3 is 2.75 bits per heavy atom. The van der Waals surface area contributed by atoms with Gasteiger partial charge in [0.25, 0.3) is 5.91 Å². The van der Waals surface area contributed by atoms with Gasteiger partial charge in [-0.25, -0.2) is 0 Å². The van der Waals surface area contributed by atoms with Gasteiger partial charge >= 0.3 is 0 Å². The highest BCUT2D eigenvalue weighted by Gasteiger charge is 2.27. The molecule has 2 N–H and O–H groups in total. The summed E-state index contributed by atoms with van der Waals surface area (Å²) in [4.78, 5) is 16.1. The minimum atomic E-state index is -0.324. The standard InChI is InChI=1S/C14H12N2O3S/c15-14-16-13(17)12(20-14)10(11-7-18-8-19-11)6-9-4-2-1-3-5-9/h1-5,7H,6,8H2,(H2,15,16,17). The highest BCUT2D eigenvalue weighted by Crippen LogP contribution is 2.34. The number of amidine groups is 1. The molecule has 0 aromatic heterocycles. The van der Waals surface area contributed by atoms with Crippen molar-refractivity contribution in [3.05, 3.63) is 58.4 Å². The van der Waals surface area contributed by atoms with Crippen molar-refractivity contribution >= 4 is 22.8 Å². The smallest absolute Gasteiger partial charge is 0.286 e. The number of nitrogens with zero attached hydrogens (tertiary/aromatic N) is 1. The number of nitrogens with two attached hydrogens (primary N) is 1. The monoisotopic (exact) mass is 288 g/mol. The normalized spacial score (nSPS) is 20.1. The van der Waals surface area contributed by atoms with Crippen LogP contribution in [-0.4, -0.2) is 17.9 Å². The van der Waals surface area contributed by atoms with Gasteiger partial charge in [0.05, 0.1) is 4.91 Å². The summed E-state index contributed by atoms with van der Waals surface area (Å²) in [5, 5.41) is 0.259. The Morgan fingerprint density at radius 1 is 1.35 bits per heavy atom. The van der Waals surface area contributed by atoms with Gasteiger partial charge in [0, 0.05) is 12.0 Å². The summed E-state index contributed by atoms with van der Waals surface area (Å²) in [5.41, 5.74) is 7.44. The summed E-state index contributed by atoms with van der Waals surface area (Å²) in [6.07, 6.45) is 2.08. The van der Waals surface area contributed by atoms with E-state index in [-0.39, 0.29) is 17.9 Å². The Kier molecular flexibility index (Phi) is 3.47. The number of thioether (sulfide) groups is 1. The molecule has 3 rings (SSSR count). The highest BCUT2D eigenvalue weighted by atomic mass is 32.2. The van der Waals surface area contributed by atoms with Gasteiger partial charge < -0.3 is 15.2 Å². The lowest BCUT2D eigenvalue weighted by atomic mass is 10.0. The van der Waals surface area contributed by atoms with Crippen LogP contribution >= 0.6 is 11.8 Å². The molecule has 20 heavy (non-hydrogen) atoms. The molecule has 2 heterocycles. The van der Waals surface area contributed by atoms with Crippen LogP contribution in [0.5, 0.6) is 0 Å². The van der Waals surface area contributed by atoms with E-state index in [1.807, 2.05) is 30.3 Å². The molecule has 6 heteroatoms. The predicted octanol–water partition coefficient (Wildman–Crippen LogP) is 1.92. The van der Waals surface area contributed by atoms with Crippen molar-refractivity contribution in [3.8, 4) is 0 Å². The van der Waals surface area contributed by atoms with Crippen molar-refractivity contribution in [1.29, 1.82) is 0 Å². The van der Waals surface area contributed by atoms with Crippen molar-refractivity contribution in [1.82, 2.24) is 0 Å². The Morgan fingerprint density at radius 2 is 2.15 bits per heavy atom. The van der Waals surface area contributed by atoms with Crippen molar-refractivity contribution in [3.63, 3.8) is 0 Å². The molecule has 0 saturated carbocycles. The van der Waals surface area contributed by atoms with Gasteiger partial charge in [0.15, 0.2) is 10.9 Å².